The van der Waals surface area contributed by atoms with E-state index in [1.54, 1.807) is 0 Å². The summed E-state index contributed by atoms with van der Waals surface area (Å²) in [4.78, 5) is 5.24. The highest BCUT2D eigenvalue weighted by atomic mass is 15.1. The van der Waals surface area contributed by atoms with Gasteiger partial charge in [0, 0.05) is 6.21 Å². The first-order valence-electron chi connectivity index (χ1n) is 18.5. The van der Waals surface area contributed by atoms with E-state index in [4.69, 9.17) is 10.7 Å². The summed E-state index contributed by atoms with van der Waals surface area (Å²) in [5.74, 6) is 0. The van der Waals surface area contributed by atoms with Gasteiger partial charge in [0.2, 0.25) is 0 Å². The molecular weight excluding hydrogens is 655 g/mol. The summed E-state index contributed by atoms with van der Waals surface area (Å²) in [6, 6.07) is 70.8. The molecule has 9 aromatic carbocycles. The molecule has 9 rings (SSSR count). The molecule has 0 aromatic heterocycles. The molecule has 2 unspecified atom stereocenters. The van der Waals surface area contributed by atoms with Gasteiger partial charge < -0.3 is 5.73 Å². The number of hydrogen-bond donors (Lipinski definition) is 2. The Kier molecular flexibility index (Phi) is 9.08. The number of nitrogens with zero attached hydrogens (tertiary/aromatic N) is 1. The molecule has 258 valence electrons. The molecule has 0 aliphatic rings. The van der Waals surface area contributed by atoms with E-state index in [2.05, 4.69) is 169 Å². The molecular formula is C51H39N3. The SMILES string of the molecule is NC(NC(N=Cc1ccc(-c2c3ccccc3cc3c2ccc2ccccc23)cc1)c1ccc(-c2ccccc2)cc1-c1ccccc1)c1ccccc1. The van der Waals surface area contributed by atoms with Crippen molar-refractivity contribution in [3.63, 3.8) is 0 Å². The zero-order chi connectivity index (χ0) is 36.3. The predicted molar refractivity (Wildman–Crippen MR) is 229 cm³/mol. The maximum atomic E-state index is 6.84. The highest BCUT2D eigenvalue weighted by Crippen LogP contribution is 2.40. The van der Waals surface area contributed by atoms with E-state index in [-0.39, 0.29) is 0 Å². The predicted octanol–water partition coefficient (Wildman–Crippen LogP) is 12.5. The minimum Gasteiger partial charge on any atom is -0.312 e. The molecule has 0 bridgehead atoms. The maximum Gasteiger partial charge on any atom is 0.127 e. The largest absolute Gasteiger partial charge is 0.312 e. The molecule has 0 aliphatic carbocycles. The van der Waals surface area contributed by atoms with Crippen LogP contribution in [0.1, 0.15) is 29.0 Å². The topological polar surface area (TPSA) is 50.4 Å². The lowest BCUT2D eigenvalue weighted by Gasteiger charge is -2.24. The zero-order valence-electron chi connectivity index (χ0n) is 29.8. The number of hydrogen-bond acceptors (Lipinski definition) is 3. The molecule has 54 heavy (non-hydrogen) atoms. The molecule has 3 nitrogen and oxygen atoms in total. The molecule has 9 aromatic rings. The summed E-state index contributed by atoms with van der Waals surface area (Å²) < 4.78 is 0. The number of aliphatic imine (C=N–C) groups is 1. The maximum absolute atomic E-state index is 6.84. The van der Waals surface area contributed by atoms with Crippen LogP contribution in [0, 0.1) is 0 Å². The van der Waals surface area contributed by atoms with E-state index < -0.39 is 12.3 Å². The Morgan fingerprint density at radius 1 is 0.444 bits per heavy atom. The van der Waals surface area contributed by atoms with Crippen LogP contribution in [-0.2, 0) is 0 Å². The van der Waals surface area contributed by atoms with E-state index >= 15 is 0 Å². The fraction of sp³-hybridized carbons (Fsp3) is 0.0392. The Bertz CT molecular complexity index is 2740. The van der Waals surface area contributed by atoms with Crippen molar-refractivity contribution in [2.75, 3.05) is 0 Å². The number of benzene rings is 9. The van der Waals surface area contributed by atoms with Gasteiger partial charge in [-0.05, 0) is 94.5 Å². The summed E-state index contributed by atoms with van der Waals surface area (Å²) in [7, 11) is 0. The summed E-state index contributed by atoms with van der Waals surface area (Å²) in [5, 5.41) is 11.2. The van der Waals surface area contributed by atoms with Crippen LogP contribution in [0.4, 0.5) is 0 Å². The minimum absolute atomic E-state index is 0.421. The van der Waals surface area contributed by atoms with Crippen molar-refractivity contribution in [1.29, 1.82) is 0 Å². The van der Waals surface area contributed by atoms with Crippen LogP contribution >= 0.6 is 0 Å². The van der Waals surface area contributed by atoms with Gasteiger partial charge >= 0.3 is 0 Å². The molecule has 0 saturated heterocycles. The number of fused-ring (bicyclic) bond motifs is 4. The fourth-order valence-electron chi connectivity index (χ4n) is 7.64. The highest BCUT2D eigenvalue weighted by Gasteiger charge is 2.20. The Morgan fingerprint density at radius 3 is 1.80 bits per heavy atom. The molecule has 2 atom stereocenters. The van der Waals surface area contributed by atoms with Gasteiger partial charge in [-0.25, -0.2) is 0 Å². The molecule has 3 N–H and O–H groups in total. The van der Waals surface area contributed by atoms with Gasteiger partial charge in [-0.2, -0.15) is 0 Å². The van der Waals surface area contributed by atoms with E-state index in [0.29, 0.717) is 0 Å². The van der Waals surface area contributed by atoms with E-state index in [1.807, 2.05) is 42.6 Å². The Labute approximate surface area is 316 Å². The molecule has 0 heterocycles. The van der Waals surface area contributed by atoms with Gasteiger partial charge in [0.05, 0.1) is 6.17 Å². The first-order chi connectivity index (χ1) is 26.7. The lowest BCUT2D eigenvalue weighted by Crippen LogP contribution is -2.32. The Hall–Kier alpha value is -6.65. The van der Waals surface area contributed by atoms with Crippen molar-refractivity contribution in [1.82, 2.24) is 5.32 Å². The first kappa shape index (κ1) is 33.2. The van der Waals surface area contributed by atoms with Crippen molar-refractivity contribution in [2.45, 2.75) is 12.3 Å². The van der Waals surface area contributed by atoms with Crippen LogP contribution in [0.25, 0.3) is 65.7 Å². The van der Waals surface area contributed by atoms with Crippen molar-refractivity contribution in [2.24, 2.45) is 10.7 Å². The number of nitrogens with one attached hydrogen (secondary N) is 1. The van der Waals surface area contributed by atoms with Gasteiger partial charge in [0.15, 0.2) is 0 Å². The van der Waals surface area contributed by atoms with Crippen LogP contribution in [0.15, 0.2) is 205 Å². The second-order valence-electron chi connectivity index (χ2n) is 13.7. The lowest BCUT2D eigenvalue weighted by atomic mass is 9.89. The third kappa shape index (κ3) is 6.59. The highest BCUT2D eigenvalue weighted by molar-refractivity contribution is 6.20. The van der Waals surface area contributed by atoms with Gasteiger partial charge in [0.25, 0.3) is 0 Å². The van der Waals surface area contributed by atoms with Crippen LogP contribution in [0.5, 0.6) is 0 Å². The summed E-state index contributed by atoms with van der Waals surface area (Å²) in [5.41, 5.74) is 16.9. The third-order valence-electron chi connectivity index (χ3n) is 10.4. The molecule has 3 heteroatoms. The van der Waals surface area contributed by atoms with Gasteiger partial charge in [-0.3, -0.25) is 10.3 Å². The number of rotatable bonds is 9. The van der Waals surface area contributed by atoms with Crippen molar-refractivity contribution in [3.8, 4) is 33.4 Å². The van der Waals surface area contributed by atoms with E-state index in [1.165, 1.54) is 49.0 Å². The Balaban J connectivity index is 1.12. The molecule has 0 amide bonds. The van der Waals surface area contributed by atoms with Gasteiger partial charge in [0.1, 0.15) is 6.17 Å². The third-order valence-corrected chi connectivity index (χ3v) is 10.4. The molecule has 0 aliphatic heterocycles. The van der Waals surface area contributed by atoms with Crippen molar-refractivity contribution in [3.05, 3.63) is 217 Å². The minimum atomic E-state index is -0.427. The average Bonchev–Trinajstić information content (AvgIpc) is 3.25. The monoisotopic (exact) mass is 693 g/mol. The smallest absolute Gasteiger partial charge is 0.127 e. The average molecular weight is 694 g/mol. The van der Waals surface area contributed by atoms with Crippen LogP contribution < -0.4 is 11.1 Å². The van der Waals surface area contributed by atoms with Crippen LogP contribution in [0.2, 0.25) is 0 Å². The standard InChI is InChI=1S/C51H39N3/c52-50(40-19-8-3-9-20-40)54-51(46-31-29-41(36-14-4-1-5-15-36)32-47(46)37-16-6-2-7-17-37)53-34-35-24-26-39(27-25-35)49-44-23-13-11-21-42(44)33-48-43-22-12-10-18-38(43)28-30-45(48)49/h1-34,50-51,54H,52H2. The molecule has 0 fully saturated rings. The van der Waals surface area contributed by atoms with Crippen LogP contribution in [0.3, 0.4) is 0 Å². The number of nitrogens with two attached hydrogens (primary N) is 1. The second kappa shape index (κ2) is 14.8. The fourth-order valence-corrected chi connectivity index (χ4v) is 7.64. The van der Waals surface area contributed by atoms with Crippen molar-refractivity contribution >= 4 is 38.5 Å². The summed E-state index contributed by atoms with van der Waals surface area (Å²) in [6.07, 6.45) is 1.12. The normalized spacial score (nSPS) is 12.8. The van der Waals surface area contributed by atoms with E-state index in [0.717, 1.165) is 33.4 Å². The lowest BCUT2D eigenvalue weighted by molar-refractivity contribution is 0.468. The molecule has 0 saturated carbocycles. The Morgan fingerprint density at radius 2 is 1.06 bits per heavy atom. The quantitative estimate of drug-likeness (QED) is 0.0684. The van der Waals surface area contributed by atoms with Gasteiger partial charge in [-0.1, -0.05) is 188 Å². The zero-order valence-corrected chi connectivity index (χ0v) is 29.8. The van der Waals surface area contributed by atoms with Crippen molar-refractivity contribution < 1.29 is 0 Å². The molecule has 0 radical (unpaired) electrons. The summed E-state index contributed by atoms with van der Waals surface area (Å²) >= 11 is 0. The second-order valence-corrected chi connectivity index (χ2v) is 13.7. The van der Waals surface area contributed by atoms with E-state index in [9.17, 15) is 0 Å². The van der Waals surface area contributed by atoms with Gasteiger partial charge in [-0.15, -0.1) is 0 Å². The first-order valence-corrected chi connectivity index (χ1v) is 18.5. The van der Waals surface area contributed by atoms with Crippen LogP contribution in [-0.4, -0.2) is 6.21 Å². The molecule has 0 spiro atoms. The summed E-state index contributed by atoms with van der Waals surface area (Å²) in [6.45, 7) is 0.